The molecule has 2 aromatic carbocycles. The third-order valence-corrected chi connectivity index (χ3v) is 3.97. The summed E-state index contributed by atoms with van der Waals surface area (Å²) in [6.45, 7) is 1.96. The molecule has 1 aromatic heterocycles. The van der Waals surface area contributed by atoms with Gasteiger partial charge in [-0.25, -0.2) is 0 Å². The highest BCUT2D eigenvalue weighted by atomic mass is 19.4. The van der Waals surface area contributed by atoms with Gasteiger partial charge in [0.05, 0.1) is 5.56 Å². The number of nitrogens with one attached hydrogen (secondary N) is 1. The average molecular weight is 359 g/mol. The van der Waals surface area contributed by atoms with Crippen LogP contribution in [0.15, 0.2) is 65.1 Å². The second kappa shape index (κ2) is 7.07. The standard InChI is InChI=1S/C20H16F3NO2/c1-2-13-7-3-6-10-16(13)24-19(25)18-12-11-17(26-18)14-8-4-5-9-15(14)20(21,22)23/h3-12H,2H2,1H3,(H,24,25). The maximum Gasteiger partial charge on any atom is 0.417 e. The molecule has 1 heterocycles. The number of carbonyl (C=O) groups excluding carboxylic acids is 1. The fourth-order valence-corrected chi connectivity index (χ4v) is 2.68. The van der Waals surface area contributed by atoms with Crippen molar-refractivity contribution in [2.45, 2.75) is 19.5 Å². The van der Waals surface area contributed by atoms with Crippen LogP contribution in [0.5, 0.6) is 0 Å². The van der Waals surface area contributed by atoms with Crippen LogP contribution in [0.1, 0.15) is 28.6 Å². The summed E-state index contributed by atoms with van der Waals surface area (Å²) in [5.74, 6) is -0.573. The van der Waals surface area contributed by atoms with Crippen molar-refractivity contribution >= 4 is 11.6 Å². The molecular formula is C20H16F3NO2. The van der Waals surface area contributed by atoms with Crippen molar-refractivity contribution in [3.05, 3.63) is 77.6 Å². The Labute approximate surface area is 148 Å². The summed E-state index contributed by atoms with van der Waals surface area (Å²) >= 11 is 0. The van der Waals surface area contributed by atoms with E-state index in [0.717, 1.165) is 18.1 Å². The molecule has 0 saturated carbocycles. The lowest BCUT2D eigenvalue weighted by atomic mass is 10.1. The van der Waals surface area contributed by atoms with Crippen LogP contribution < -0.4 is 5.32 Å². The molecule has 6 heteroatoms. The summed E-state index contributed by atoms with van der Waals surface area (Å²) in [5, 5.41) is 2.73. The molecule has 0 fully saturated rings. The van der Waals surface area contributed by atoms with Gasteiger partial charge in [-0.05, 0) is 36.2 Å². The molecule has 3 nitrogen and oxygen atoms in total. The Kier molecular flexibility index (Phi) is 4.84. The van der Waals surface area contributed by atoms with Crippen molar-refractivity contribution < 1.29 is 22.4 Å². The van der Waals surface area contributed by atoms with Gasteiger partial charge in [0.25, 0.3) is 5.91 Å². The molecule has 0 spiro atoms. The zero-order valence-electron chi connectivity index (χ0n) is 13.9. The second-order valence-electron chi connectivity index (χ2n) is 5.67. The molecule has 0 atom stereocenters. The molecule has 3 rings (SSSR count). The zero-order valence-corrected chi connectivity index (χ0v) is 13.9. The van der Waals surface area contributed by atoms with E-state index in [-0.39, 0.29) is 17.1 Å². The summed E-state index contributed by atoms with van der Waals surface area (Å²) in [4.78, 5) is 12.4. The van der Waals surface area contributed by atoms with Crippen LogP contribution in [-0.4, -0.2) is 5.91 Å². The number of alkyl halides is 3. The zero-order chi connectivity index (χ0) is 18.7. The van der Waals surface area contributed by atoms with E-state index in [1.807, 2.05) is 19.1 Å². The molecule has 3 aromatic rings. The molecule has 0 aliphatic carbocycles. The molecule has 0 aliphatic heterocycles. The van der Waals surface area contributed by atoms with Gasteiger partial charge in [0.2, 0.25) is 0 Å². The Bertz CT molecular complexity index is 929. The van der Waals surface area contributed by atoms with Gasteiger partial charge in [0, 0.05) is 11.3 Å². The first-order chi connectivity index (χ1) is 12.4. The lowest BCUT2D eigenvalue weighted by Crippen LogP contribution is -2.12. The summed E-state index contributed by atoms with van der Waals surface area (Å²) < 4.78 is 44.8. The van der Waals surface area contributed by atoms with Crippen molar-refractivity contribution in [2.75, 3.05) is 5.32 Å². The Morgan fingerprint density at radius 3 is 2.42 bits per heavy atom. The number of hydrogen-bond acceptors (Lipinski definition) is 2. The van der Waals surface area contributed by atoms with Gasteiger partial charge in [-0.2, -0.15) is 13.2 Å². The number of furan rings is 1. The van der Waals surface area contributed by atoms with E-state index in [1.54, 1.807) is 12.1 Å². The predicted octanol–water partition coefficient (Wildman–Crippen LogP) is 5.78. The molecule has 0 saturated heterocycles. The number of anilines is 1. The van der Waals surface area contributed by atoms with Crippen molar-refractivity contribution in [1.82, 2.24) is 0 Å². The molecule has 1 amide bonds. The van der Waals surface area contributed by atoms with Crippen molar-refractivity contribution in [3.63, 3.8) is 0 Å². The van der Waals surface area contributed by atoms with E-state index in [4.69, 9.17) is 4.42 Å². The first-order valence-electron chi connectivity index (χ1n) is 8.06. The van der Waals surface area contributed by atoms with Gasteiger partial charge < -0.3 is 9.73 Å². The molecule has 0 radical (unpaired) electrons. The van der Waals surface area contributed by atoms with Crippen molar-refractivity contribution in [1.29, 1.82) is 0 Å². The van der Waals surface area contributed by atoms with Crippen molar-refractivity contribution in [3.8, 4) is 11.3 Å². The number of halogens is 3. The number of benzene rings is 2. The number of aryl methyl sites for hydroxylation is 1. The number of carbonyl (C=O) groups is 1. The number of para-hydroxylation sites is 1. The topological polar surface area (TPSA) is 42.2 Å². The van der Waals surface area contributed by atoms with Crippen LogP contribution in [0.4, 0.5) is 18.9 Å². The first-order valence-corrected chi connectivity index (χ1v) is 8.06. The lowest BCUT2D eigenvalue weighted by Gasteiger charge is -2.11. The second-order valence-corrected chi connectivity index (χ2v) is 5.67. The summed E-state index contributed by atoms with van der Waals surface area (Å²) in [5.41, 5.74) is 0.689. The van der Waals surface area contributed by atoms with Crippen molar-refractivity contribution in [2.24, 2.45) is 0 Å². The maximum absolute atomic E-state index is 13.1. The minimum atomic E-state index is -4.51. The number of amides is 1. The normalized spacial score (nSPS) is 11.4. The maximum atomic E-state index is 13.1. The van der Waals surface area contributed by atoms with E-state index in [0.29, 0.717) is 5.69 Å². The van der Waals surface area contributed by atoms with E-state index < -0.39 is 17.6 Å². The molecule has 134 valence electrons. The fraction of sp³-hybridized carbons (Fsp3) is 0.150. The molecule has 0 aliphatic rings. The highest BCUT2D eigenvalue weighted by molar-refractivity contribution is 6.03. The quantitative estimate of drug-likeness (QED) is 0.641. The third kappa shape index (κ3) is 3.64. The Balaban J connectivity index is 1.88. The molecule has 26 heavy (non-hydrogen) atoms. The van der Waals surface area contributed by atoms with Gasteiger partial charge >= 0.3 is 6.18 Å². The monoisotopic (exact) mass is 359 g/mol. The van der Waals surface area contributed by atoms with Gasteiger partial charge in [0.1, 0.15) is 5.76 Å². The highest BCUT2D eigenvalue weighted by Crippen LogP contribution is 2.37. The highest BCUT2D eigenvalue weighted by Gasteiger charge is 2.34. The van der Waals surface area contributed by atoms with E-state index in [1.165, 1.54) is 30.3 Å². The summed E-state index contributed by atoms with van der Waals surface area (Å²) in [6.07, 6.45) is -3.77. The van der Waals surface area contributed by atoms with Crippen LogP contribution in [-0.2, 0) is 12.6 Å². The molecule has 0 bridgehead atoms. The SMILES string of the molecule is CCc1ccccc1NC(=O)c1ccc(-c2ccccc2C(F)(F)F)o1. The average Bonchev–Trinajstić information content (AvgIpc) is 3.11. The summed E-state index contributed by atoms with van der Waals surface area (Å²) in [6, 6.07) is 15.1. The van der Waals surface area contributed by atoms with Crippen LogP contribution in [0.25, 0.3) is 11.3 Å². The first kappa shape index (κ1) is 17.8. The van der Waals surface area contributed by atoms with E-state index >= 15 is 0 Å². The molecule has 0 unspecified atom stereocenters. The Hall–Kier alpha value is -3.02. The van der Waals surface area contributed by atoms with Gasteiger partial charge in [-0.3, -0.25) is 4.79 Å². The lowest BCUT2D eigenvalue weighted by molar-refractivity contribution is -0.137. The minimum Gasteiger partial charge on any atom is -0.451 e. The summed E-state index contributed by atoms with van der Waals surface area (Å²) in [7, 11) is 0. The van der Waals surface area contributed by atoms with Crippen LogP contribution in [0.3, 0.4) is 0 Å². The minimum absolute atomic E-state index is 0.00754. The predicted molar refractivity (Wildman–Crippen MR) is 92.9 cm³/mol. The van der Waals surface area contributed by atoms with Crippen LogP contribution >= 0.6 is 0 Å². The fourth-order valence-electron chi connectivity index (χ4n) is 2.68. The largest absolute Gasteiger partial charge is 0.451 e. The third-order valence-electron chi connectivity index (χ3n) is 3.97. The molecule has 1 N–H and O–H groups in total. The van der Waals surface area contributed by atoms with E-state index in [9.17, 15) is 18.0 Å². The van der Waals surface area contributed by atoms with E-state index in [2.05, 4.69) is 5.32 Å². The number of rotatable bonds is 4. The van der Waals surface area contributed by atoms with Gasteiger partial charge in [-0.1, -0.05) is 43.3 Å². The Morgan fingerprint density at radius 1 is 1.00 bits per heavy atom. The Morgan fingerprint density at radius 2 is 1.69 bits per heavy atom. The number of hydrogen-bond donors (Lipinski definition) is 1. The molecular weight excluding hydrogens is 343 g/mol. The van der Waals surface area contributed by atoms with Crippen LogP contribution in [0.2, 0.25) is 0 Å². The van der Waals surface area contributed by atoms with Gasteiger partial charge in [-0.15, -0.1) is 0 Å². The smallest absolute Gasteiger partial charge is 0.417 e. The van der Waals surface area contributed by atoms with Gasteiger partial charge in [0.15, 0.2) is 5.76 Å². The van der Waals surface area contributed by atoms with Crippen LogP contribution in [0, 0.1) is 0 Å².